The van der Waals surface area contributed by atoms with E-state index >= 15 is 0 Å². The Hall–Kier alpha value is -1.10. The van der Waals surface area contributed by atoms with Gasteiger partial charge in [0.05, 0.1) is 6.54 Å². The Balaban J connectivity index is 2.08. The van der Waals surface area contributed by atoms with Crippen molar-refractivity contribution in [3.8, 4) is 0 Å². The van der Waals surface area contributed by atoms with Crippen molar-refractivity contribution >= 4 is 11.8 Å². The first-order valence-electron chi connectivity index (χ1n) is 5.98. The molecule has 3 N–H and O–H groups in total. The van der Waals surface area contributed by atoms with Crippen molar-refractivity contribution in [2.45, 2.75) is 32.1 Å². The summed E-state index contributed by atoms with van der Waals surface area (Å²) >= 11 is 0. The molecule has 0 aliphatic carbocycles. The summed E-state index contributed by atoms with van der Waals surface area (Å²) in [6.07, 6.45) is 4.27. The van der Waals surface area contributed by atoms with Crippen LogP contribution in [0.15, 0.2) is 0 Å². The molecular formula is C11H21N3O2. The Morgan fingerprint density at radius 3 is 2.50 bits per heavy atom. The molecule has 1 rings (SSSR count). The summed E-state index contributed by atoms with van der Waals surface area (Å²) in [5.74, 6) is -0.0225. The number of likely N-dealkylation sites (tertiary alicyclic amines) is 1. The number of amides is 2. The normalized spacial score (nSPS) is 15.2. The van der Waals surface area contributed by atoms with Crippen molar-refractivity contribution in [3.63, 3.8) is 0 Å². The summed E-state index contributed by atoms with van der Waals surface area (Å²) in [4.78, 5) is 24.7. The second-order valence-electron chi connectivity index (χ2n) is 4.11. The van der Waals surface area contributed by atoms with Gasteiger partial charge in [0.25, 0.3) is 0 Å². The van der Waals surface area contributed by atoms with Gasteiger partial charge in [-0.05, 0) is 32.2 Å². The maximum Gasteiger partial charge on any atom is 0.241 e. The Morgan fingerprint density at radius 1 is 1.19 bits per heavy atom. The number of carbonyl (C=O) groups excluding carboxylic acids is 2. The Labute approximate surface area is 96.4 Å². The first kappa shape index (κ1) is 13.0. The monoisotopic (exact) mass is 227 g/mol. The first-order valence-corrected chi connectivity index (χ1v) is 5.98. The molecule has 5 heteroatoms. The van der Waals surface area contributed by atoms with Crippen LogP contribution in [0.25, 0.3) is 0 Å². The third kappa shape index (κ3) is 4.61. The highest BCUT2D eigenvalue weighted by Gasteiger charge is 2.17. The van der Waals surface area contributed by atoms with Crippen molar-refractivity contribution in [2.24, 2.45) is 5.73 Å². The number of hydrogen-bond donors (Lipinski definition) is 2. The van der Waals surface area contributed by atoms with Gasteiger partial charge >= 0.3 is 0 Å². The van der Waals surface area contributed by atoms with Crippen LogP contribution in [0.4, 0.5) is 0 Å². The van der Waals surface area contributed by atoms with Gasteiger partial charge in [0, 0.05) is 19.5 Å². The molecule has 5 nitrogen and oxygen atoms in total. The first-order chi connectivity index (χ1) is 7.74. The standard InChI is InChI=1S/C11H21N3O2/c12-6-2-1-5-10(15)13-9-11(16)14-7-3-4-8-14/h1-9,12H2,(H,13,15). The molecule has 2 amide bonds. The van der Waals surface area contributed by atoms with Crippen LogP contribution in [0.1, 0.15) is 32.1 Å². The predicted molar refractivity (Wildman–Crippen MR) is 61.7 cm³/mol. The van der Waals surface area contributed by atoms with Crippen LogP contribution in [0.5, 0.6) is 0 Å². The van der Waals surface area contributed by atoms with Crippen molar-refractivity contribution in [1.82, 2.24) is 10.2 Å². The zero-order chi connectivity index (χ0) is 11.8. The SMILES string of the molecule is NCCCCC(=O)NCC(=O)N1CCCC1. The molecule has 92 valence electrons. The van der Waals surface area contributed by atoms with Crippen LogP contribution < -0.4 is 11.1 Å². The third-order valence-electron chi connectivity index (χ3n) is 2.75. The minimum absolute atomic E-state index is 0.0321. The molecular weight excluding hydrogens is 206 g/mol. The van der Waals surface area contributed by atoms with Crippen LogP contribution in [-0.4, -0.2) is 42.9 Å². The lowest BCUT2D eigenvalue weighted by atomic mass is 10.2. The lowest BCUT2D eigenvalue weighted by Crippen LogP contribution is -2.38. The average molecular weight is 227 g/mol. The van der Waals surface area contributed by atoms with E-state index in [4.69, 9.17) is 5.73 Å². The van der Waals surface area contributed by atoms with Crippen molar-refractivity contribution in [1.29, 1.82) is 0 Å². The van der Waals surface area contributed by atoms with E-state index in [0.717, 1.165) is 38.8 Å². The van der Waals surface area contributed by atoms with Gasteiger partial charge in [-0.25, -0.2) is 0 Å². The number of nitrogens with zero attached hydrogens (tertiary/aromatic N) is 1. The highest BCUT2D eigenvalue weighted by atomic mass is 16.2. The van der Waals surface area contributed by atoms with Crippen molar-refractivity contribution in [3.05, 3.63) is 0 Å². The smallest absolute Gasteiger partial charge is 0.241 e. The topological polar surface area (TPSA) is 75.4 Å². The van der Waals surface area contributed by atoms with Crippen LogP contribution in [0.3, 0.4) is 0 Å². The minimum Gasteiger partial charge on any atom is -0.347 e. The van der Waals surface area contributed by atoms with E-state index < -0.39 is 0 Å². The number of nitrogens with two attached hydrogens (primary N) is 1. The van der Waals surface area contributed by atoms with E-state index in [1.165, 1.54) is 0 Å². The largest absolute Gasteiger partial charge is 0.347 e. The average Bonchev–Trinajstić information content (AvgIpc) is 2.79. The molecule has 0 unspecified atom stereocenters. The molecule has 1 saturated heterocycles. The van der Waals surface area contributed by atoms with Gasteiger partial charge < -0.3 is 16.0 Å². The Kier molecular flexibility index (Phi) is 5.85. The summed E-state index contributed by atoms with van der Waals surface area (Å²) in [7, 11) is 0. The van der Waals surface area contributed by atoms with E-state index in [-0.39, 0.29) is 18.4 Å². The molecule has 0 radical (unpaired) electrons. The molecule has 0 saturated carbocycles. The van der Waals surface area contributed by atoms with E-state index in [2.05, 4.69) is 5.32 Å². The molecule has 0 aromatic heterocycles. The quantitative estimate of drug-likeness (QED) is 0.620. The summed E-state index contributed by atoms with van der Waals surface area (Å²) in [6, 6.07) is 0. The number of unbranched alkanes of at least 4 members (excludes halogenated alkanes) is 1. The van der Waals surface area contributed by atoms with Gasteiger partial charge in [0.2, 0.25) is 11.8 Å². The Bertz CT molecular complexity index is 237. The highest BCUT2D eigenvalue weighted by molar-refractivity contribution is 5.84. The zero-order valence-corrected chi connectivity index (χ0v) is 9.71. The maximum atomic E-state index is 11.6. The van der Waals surface area contributed by atoms with Crippen LogP contribution >= 0.6 is 0 Å². The van der Waals surface area contributed by atoms with Crippen LogP contribution in [0, 0.1) is 0 Å². The summed E-state index contributed by atoms with van der Waals surface area (Å²) < 4.78 is 0. The molecule has 0 aromatic carbocycles. The van der Waals surface area contributed by atoms with Crippen molar-refractivity contribution < 1.29 is 9.59 Å². The molecule has 1 aliphatic rings. The van der Waals surface area contributed by atoms with Gasteiger partial charge in [-0.2, -0.15) is 0 Å². The van der Waals surface area contributed by atoms with Crippen LogP contribution in [0.2, 0.25) is 0 Å². The Morgan fingerprint density at radius 2 is 1.88 bits per heavy atom. The molecule has 0 bridgehead atoms. The molecule has 1 aliphatic heterocycles. The molecule has 0 spiro atoms. The molecule has 16 heavy (non-hydrogen) atoms. The summed E-state index contributed by atoms with van der Waals surface area (Å²) in [5.41, 5.74) is 5.33. The minimum atomic E-state index is -0.0546. The van der Waals surface area contributed by atoms with E-state index in [1.54, 1.807) is 4.90 Å². The number of rotatable bonds is 6. The van der Waals surface area contributed by atoms with Gasteiger partial charge in [-0.1, -0.05) is 0 Å². The number of hydrogen-bond acceptors (Lipinski definition) is 3. The lowest BCUT2D eigenvalue weighted by Gasteiger charge is -2.15. The number of carbonyl (C=O) groups is 2. The zero-order valence-electron chi connectivity index (χ0n) is 9.71. The van der Waals surface area contributed by atoms with Crippen molar-refractivity contribution in [2.75, 3.05) is 26.2 Å². The maximum absolute atomic E-state index is 11.6. The number of nitrogens with one attached hydrogen (secondary N) is 1. The highest BCUT2D eigenvalue weighted by Crippen LogP contribution is 2.06. The van der Waals surface area contributed by atoms with Gasteiger partial charge in [0.1, 0.15) is 0 Å². The fourth-order valence-electron chi connectivity index (χ4n) is 1.77. The summed E-state index contributed by atoms with van der Waals surface area (Å²) in [6.45, 7) is 2.42. The fourth-order valence-corrected chi connectivity index (χ4v) is 1.77. The van der Waals surface area contributed by atoms with Gasteiger partial charge in [-0.3, -0.25) is 9.59 Å². The fraction of sp³-hybridized carbons (Fsp3) is 0.818. The molecule has 1 heterocycles. The van der Waals surface area contributed by atoms with Crippen LogP contribution in [-0.2, 0) is 9.59 Å². The molecule has 0 atom stereocenters. The third-order valence-corrected chi connectivity index (χ3v) is 2.75. The van der Waals surface area contributed by atoms with Gasteiger partial charge in [0.15, 0.2) is 0 Å². The van der Waals surface area contributed by atoms with E-state index in [1.807, 2.05) is 0 Å². The van der Waals surface area contributed by atoms with Gasteiger partial charge in [-0.15, -0.1) is 0 Å². The second kappa shape index (κ2) is 7.22. The molecule has 1 fully saturated rings. The summed E-state index contributed by atoms with van der Waals surface area (Å²) in [5, 5.41) is 2.65. The predicted octanol–water partition coefficient (Wildman–Crippen LogP) is -0.146. The van der Waals surface area contributed by atoms with E-state index in [9.17, 15) is 9.59 Å². The van der Waals surface area contributed by atoms with E-state index in [0.29, 0.717) is 13.0 Å². The lowest BCUT2D eigenvalue weighted by molar-refractivity contribution is -0.132. The second-order valence-corrected chi connectivity index (χ2v) is 4.11. The molecule has 0 aromatic rings.